The molecule has 0 bridgehead atoms. The van der Waals surface area contributed by atoms with Crippen molar-refractivity contribution in [3.63, 3.8) is 0 Å². The van der Waals surface area contributed by atoms with Crippen LogP contribution in [-0.4, -0.2) is 24.5 Å². The largest absolute Gasteiger partial charge is 0.303 e. The summed E-state index contributed by atoms with van der Waals surface area (Å²) in [5, 5.41) is 0. The van der Waals surface area contributed by atoms with Gasteiger partial charge in [-0.1, -0.05) is 38.0 Å². The van der Waals surface area contributed by atoms with E-state index in [0.29, 0.717) is 0 Å². The summed E-state index contributed by atoms with van der Waals surface area (Å²) >= 11 is 0. The molecule has 0 unspecified atom stereocenters. The first-order valence-corrected chi connectivity index (χ1v) is 6.73. The van der Waals surface area contributed by atoms with Gasteiger partial charge in [0, 0.05) is 0 Å². The normalized spacial score (nSPS) is 16.8. The zero-order valence-corrected chi connectivity index (χ0v) is 10.4. The summed E-state index contributed by atoms with van der Waals surface area (Å²) < 4.78 is 0. The van der Waals surface area contributed by atoms with Crippen LogP contribution in [-0.2, 0) is 0 Å². The third-order valence-corrected chi connectivity index (χ3v) is 3.39. The van der Waals surface area contributed by atoms with E-state index in [1.807, 2.05) is 0 Å². The zero-order chi connectivity index (χ0) is 11.2. The maximum absolute atomic E-state index is 2.59. The summed E-state index contributed by atoms with van der Waals surface area (Å²) in [6, 6.07) is 8.48. The summed E-state index contributed by atoms with van der Waals surface area (Å²) in [6.45, 7) is 6.35. The van der Waals surface area contributed by atoms with E-state index in [1.54, 1.807) is 0 Å². The number of fused-ring (bicyclic) bond motifs is 1. The van der Waals surface area contributed by atoms with Crippen LogP contribution in [0.4, 0.5) is 0 Å². The first-order valence-electron chi connectivity index (χ1n) is 6.73. The van der Waals surface area contributed by atoms with Gasteiger partial charge in [-0.25, -0.2) is 0 Å². The standard InChI is InChI=1S/C9H19N.C6H4/c1-2-3-4-7-10-8-5-6-9-10;1-2-5-4-6(5)3-1/h2-9H2,1H3;1-4H. The second kappa shape index (κ2) is 6.05. The van der Waals surface area contributed by atoms with Crippen LogP contribution in [0.2, 0.25) is 0 Å². The van der Waals surface area contributed by atoms with Crippen molar-refractivity contribution in [2.24, 2.45) is 0 Å². The summed E-state index contributed by atoms with van der Waals surface area (Å²) in [6.07, 6.45) is 7.05. The van der Waals surface area contributed by atoms with E-state index in [9.17, 15) is 0 Å². The van der Waals surface area contributed by atoms with Crippen molar-refractivity contribution < 1.29 is 0 Å². The van der Waals surface area contributed by atoms with E-state index in [1.165, 1.54) is 62.9 Å². The Balaban J connectivity index is 0.000000134. The second-order valence-corrected chi connectivity index (χ2v) is 4.84. The average molecular weight is 217 g/mol. The minimum absolute atomic E-state index is 1.36. The molecule has 0 aromatic carbocycles. The van der Waals surface area contributed by atoms with Crippen molar-refractivity contribution in [1.82, 2.24) is 4.90 Å². The molecule has 0 aromatic heterocycles. The number of hydrogen-bond donors (Lipinski definition) is 0. The quantitative estimate of drug-likeness (QED) is 0.701. The van der Waals surface area contributed by atoms with Gasteiger partial charge in [0.15, 0.2) is 0 Å². The molecule has 88 valence electrons. The third kappa shape index (κ3) is 3.64. The molecule has 16 heavy (non-hydrogen) atoms. The molecule has 3 aliphatic rings. The number of benzene rings is 1. The van der Waals surface area contributed by atoms with Crippen molar-refractivity contribution in [3.05, 3.63) is 24.3 Å². The molecule has 0 aromatic rings. The topological polar surface area (TPSA) is 3.24 Å². The Morgan fingerprint density at radius 1 is 1.06 bits per heavy atom. The van der Waals surface area contributed by atoms with Crippen LogP contribution in [0.5, 0.6) is 0 Å². The Labute approximate surface area is 99.5 Å². The molecule has 3 rings (SSSR count). The lowest BCUT2D eigenvalue weighted by molar-refractivity contribution is 0.329. The average Bonchev–Trinajstić information content (AvgIpc) is 2.74. The molecule has 0 radical (unpaired) electrons. The maximum Gasteiger partial charge on any atom is -0.00183 e. The summed E-state index contributed by atoms with van der Waals surface area (Å²) in [7, 11) is 0. The van der Waals surface area contributed by atoms with Gasteiger partial charge in [-0.15, -0.1) is 0 Å². The van der Waals surface area contributed by atoms with Crippen LogP contribution in [0.1, 0.15) is 39.0 Å². The molecule has 0 atom stereocenters. The zero-order valence-electron chi connectivity index (χ0n) is 10.4. The van der Waals surface area contributed by atoms with Crippen LogP contribution >= 0.6 is 0 Å². The van der Waals surface area contributed by atoms with Crippen LogP contribution in [0, 0.1) is 0 Å². The molecule has 0 N–H and O–H groups in total. The molecule has 1 heterocycles. The SMILES string of the molecule is CCCCCN1CCCC1.c1cc2cc-2c1. The first-order chi connectivity index (χ1) is 7.90. The fraction of sp³-hybridized carbons (Fsp3) is 0.600. The molecule has 1 saturated heterocycles. The highest BCUT2D eigenvalue weighted by atomic mass is 15.1. The predicted molar refractivity (Wildman–Crippen MR) is 70.6 cm³/mol. The molecule has 1 aliphatic heterocycles. The van der Waals surface area contributed by atoms with Gasteiger partial charge in [-0.3, -0.25) is 0 Å². The van der Waals surface area contributed by atoms with Crippen molar-refractivity contribution >= 4 is 0 Å². The number of hydrogen-bond acceptors (Lipinski definition) is 1. The number of likely N-dealkylation sites (tertiary alicyclic amines) is 1. The Morgan fingerprint density at radius 2 is 1.75 bits per heavy atom. The van der Waals surface area contributed by atoms with Gasteiger partial charge in [-0.2, -0.15) is 0 Å². The molecule has 0 saturated carbocycles. The van der Waals surface area contributed by atoms with Crippen LogP contribution in [0.25, 0.3) is 11.1 Å². The van der Waals surface area contributed by atoms with Gasteiger partial charge in [0.05, 0.1) is 0 Å². The summed E-state index contributed by atoms with van der Waals surface area (Å²) in [5.74, 6) is 0. The van der Waals surface area contributed by atoms with Crippen LogP contribution < -0.4 is 0 Å². The van der Waals surface area contributed by atoms with Gasteiger partial charge in [0.2, 0.25) is 0 Å². The van der Waals surface area contributed by atoms with Gasteiger partial charge < -0.3 is 4.90 Å². The molecule has 0 amide bonds. The highest BCUT2D eigenvalue weighted by Crippen LogP contribution is 2.32. The minimum atomic E-state index is 1.36. The Kier molecular flexibility index (Phi) is 4.41. The predicted octanol–water partition coefficient (Wildman–Crippen LogP) is 3.94. The van der Waals surface area contributed by atoms with E-state index in [-0.39, 0.29) is 0 Å². The van der Waals surface area contributed by atoms with Crippen LogP contribution in [0.15, 0.2) is 24.3 Å². The molecule has 1 fully saturated rings. The molecule has 2 aliphatic carbocycles. The van der Waals surface area contributed by atoms with E-state index < -0.39 is 0 Å². The van der Waals surface area contributed by atoms with E-state index in [4.69, 9.17) is 0 Å². The van der Waals surface area contributed by atoms with Gasteiger partial charge in [0.25, 0.3) is 0 Å². The molecular weight excluding hydrogens is 194 g/mol. The highest BCUT2D eigenvalue weighted by molar-refractivity contribution is 5.80. The smallest absolute Gasteiger partial charge is 0.00183 e. The van der Waals surface area contributed by atoms with E-state index in [0.717, 1.165) is 0 Å². The van der Waals surface area contributed by atoms with E-state index in [2.05, 4.69) is 36.1 Å². The van der Waals surface area contributed by atoms with Crippen molar-refractivity contribution in [2.45, 2.75) is 39.0 Å². The summed E-state index contributed by atoms with van der Waals surface area (Å²) in [4.78, 5) is 2.59. The molecule has 1 nitrogen and oxygen atoms in total. The number of rotatable bonds is 4. The maximum atomic E-state index is 2.59. The summed E-state index contributed by atoms with van der Waals surface area (Å²) in [5.41, 5.74) is 2.85. The molecular formula is C15H23N. The van der Waals surface area contributed by atoms with Crippen LogP contribution in [0.3, 0.4) is 0 Å². The Bertz CT molecular complexity index is 296. The van der Waals surface area contributed by atoms with Gasteiger partial charge in [0.1, 0.15) is 0 Å². The lowest BCUT2D eigenvalue weighted by Gasteiger charge is -2.12. The minimum Gasteiger partial charge on any atom is -0.303 e. The van der Waals surface area contributed by atoms with Gasteiger partial charge in [-0.05, 0) is 56.1 Å². The number of unbranched alkanes of at least 4 members (excludes halogenated alkanes) is 2. The van der Waals surface area contributed by atoms with Crippen molar-refractivity contribution in [3.8, 4) is 11.1 Å². The molecule has 1 heteroatoms. The van der Waals surface area contributed by atoms with Crippen molar-refractivity contribution in [2.75, 3.05) is 19.6 Å². The fourth-order valence-corrected chi connectivity index (χ4v) is 2.27. The Hall–Kier alpha value is -0.820. The number of nitrogens with zero attached hydrogens (tertiary/aromatic N) is 1. The molecule has 0 spiro atoms. The lowest BCUT2D eigenvalue weighted by atomic mass is 10.2. The first kappa shape index (κ1) is 11.7. The van der Waals surface area contributed by atoms with Gasteiger partial charge >= 0.3 is 0 Å². The highest BCUT2D eigenvalue weighted by Gasteiger charge is 2.09. The second-order valence-electron chi connectivity index (χ2n) is 4.84. The Morgan fingerprint density at radius 3 is 2.19 bits per heavy atom. The van der Waals surface area contributed by atoms with Crippen molar-refractivity contribution in [1.29, 1.82) is 0 Å². The fourth-order valence-electron chi connectivity index (χ4n) is 2.27. The lowest BCUT2D eigenvalue weighted by Crippen LogP contribution is -2.20. The third-order valence-electron chi connectivity index (χ3n) is 3.39. The van der Waals surface area contributed by atoms with E-state index >= 15 is 0 Å². The monoisotopic (exact) mass is 217 g/mol.